The Morgan fingerprint density at radius 2 is 2.00 bits per heavy atom. The number of hydrogen-bond donors (Lipinski definition) is 1. The minimum atomic E-state index is 0.660. The van der Waals surface area contributed by atoms with Crippen molar-refractivity contribution in [3.8, 4) is 12.3 Å². The molecule has 0 radical (unpaired) electrons. The van der Waals surface area contributed by atoms with Crippen LogP contribution in [0.1, 0.15) is 5.56 Å². The van der Waals surface area contributed by atoms with E-state index in [4.69, 9.17) is 6.42 Å². The molecule has 1 heteroatoms. The summed E-state index contributed by atoms with van der Waals surface area (Å²) < 4.78 is 0. The van der Waals surface area contributed by atoms with Gasteiger partial charge >= 0.3 is 0 Å². The average molecular weight is 159 g/mol. The van der Waals surface area contributed by atoms with Gasteiger partial charge in [0.1, 0.15) is 0 Å². The summed E-state index contributed by atoms with van der Waals surface area (Å²) in [5, 5.41) is 3.15. The van der Waals surface area contributed by atoms with Crippen LogP contribution in [0.4, 0.5) is 0 Å². The van der Waals surface area contributed by atoms with Crippen molar-refractivity contribution >= 4 is 0 Å². The van der Waals surface area contributed by atoms with E-state index >= 15 is 0 Å². The van der Waals surface area contributed by atoms with Gasteiger partial charge in [-0.2, -0.15) is 0 Å². The summed E-state index contributed by atoms with van der Waals surface area (Å²) in [6.45, 7) is 1.61. The van der Waals surface area contributed by atoms with Crippen LogP contribution >= 0.6 is 0 Å². The molecule has 1 rings (SSSR count). The summed E-state index contributed by atoms with van der Waals surface area (Å²) >= 11 is 0. The zero-order chi connectivity index (χ0) is 8.65. The van der Waals surface area contributed by atoms with Crippen LogP contribution in [0.15, 0.2) is 30.3 Å². The number of hydrogen-bond acceptors (Lipinski definition) is 1. The lowest BCUT2D eigenvalue weighted by Crippen LogP contribution is -2.16. The first-order valence-electron chi connectivity index (χ1n) is 4.11. The molecule has 62 valence electrons. The Morgan fingerprint density at radius 1 is 1.25 bits per heavy atom. The maximum absolute atomic E-state index is 5.10. The number of rotatable bonds is 4. The zero-order valence-electron chi connectivity index (χ0n) is 7.09. The minimum Gasteiger partial charge on any atom is -0.306 e. The fraction of sp³-hybridized carbons (Fsp3) is 0.273. The second-order valence-corrected chi connectivity index (χ2v) is 2.62. The van der Waals surface area contributed by atoms with Gasteiger partial charge in [0.05, 0.1) is 6.54 Å². The molecule has 1 aromatic rings. The van der Waals surface area contributed by atoms with Gasteiger partial charge in [0, 0.05) is 6.54 Å². The summed E-state index contributed by atoms with van der Waals surface area (Å²) in [6, 6.07) is 10.4. The van der Waals surface area contributed by atoms with Gasteiger partial charge in [-0.1, -0.05) is 36.3 Å². The van der Waals surface area contributed by atoms with Crippen molar-refractivity contribution in [2.75, 3.05) is 13.1 Å². The molecule has 0 amide bonds. The topological polar surface area (TPSA) is 12.0 Å². The fourth-order valence-electron chi connectivity index (χ4n) is 1.04. The Balaban J connectivity index is 2.21. The Morgan fingerprint density at radius 3 is 2.67 bits per heavy atom. The van der Waals surface area contributed by atoms with Crippen molar-refractivity contribution < 1.29 is 0 Å². The van der Waals surface area contributed by atoms with Crippen LogP contribution in [-0.2, 0) is 6.42 Å². The van der Waals surface area contributed by atoms with Crippen molar-refractivity contribution in [3.63, 3.8) is 0 Å². The van der Waals surface area contributed by atoms with Crippen molar-refractivity contribution in [3.05, 3.63) is 35.9 Å². The van der Waals surface area contributed by atoms with Gasteiger partial charge in [0.2, 0.25) is 0 Å². The molecule has 0 heterocycles. The van der Waals surface area contributed by atoms with Gasteiger partial charge in [-0.25, -0.2) is 0 Å². The minimum absolute atomic E-state index is 0.660. The fourth-order valence-corrected chi connectivity index (χ4v) is 1.04. The molecule has 1 aromatic carbocycles. The third kappa shape index (κ3) is 3.23. The standard InChI is InChI=1S/C11H13N/c1-2-9-12-10-8-11-6-4-3-5-7-11/h1,3-7,12H,8-10H2. The molecule has 12 heavy (non-hydrogen) atoms. The highest BCUT2D eigenvalue weighted by molar-refractivity contribution is 5.14. The third-order valence-corrected chi connectivity index (χ3v) is 1.66. The van der Waals surface area contributed by atoms with Gasteiger partial charge < -0.3 is 5.32 Å². The average Bonchev–Trinajstić information content (AvgIpc) is 2.14. The van der Waals surface area contributed by atoms with Crippen LogP contribution in [0.25, 0.3) is 0 Å². The van der Waals surface area contributed by atoms with E-state index in [1.165, 1.54) is 5.56 Å². The van der Waals surface area contributed by atoms with E-state index in [-0.39, 0.29) is 0 Å². The Labute approximate surface area is 73.8 Å². The van der Waals surface area contributed by atoms with Crippen molar-refractivity contribution in [2.24, 2.45) is 0 Å². The lowest BCUT2D eigenvalue weighted by molar-refractivity contribution is 0.753. The number of benzene rings is 1. The van der Waals surface area contributed by atoms with Crippen LogP contribution in [0.2, 0.25) is 0 Å². The van der Waals surface area contributed by atoms with E-state index in [2.05, 4.69) is 35.5 Å². The molecule has 1 N–H and O–H groups in total. The second-order valence-electron chi connectivity index (χ2n) is 2.62. The summed E-state index contributed by atoms with van der Waals surface area (Å²) in [5.41, 5.74) is 1.35. The molecule has 0 aliphatic heterocycles. The van der Waals surface area contributed by atoms with Crippen LogP contribution in [0.3, 0.4) is 0 Å². The molecular formula is C11H13N. The molecule has 0 aliphatic rings. The summed E-state index contributed by atoms with van der Waals surface area (Å²) in [7, 11) is 0. The molecule has 0 fully saturated rings. The monoisotopic (exact) mass is 159 g/mol. The Bertz CT molecular complexity index is 245. The quantitative estimate of drug-likeness (QED) is 0.518. The highest BCUT2D eigenvalue weighted by Gasteiger charge is 1.88. The Hall–Kier alpha value is -1.26. The van der Waals surface area contributed by atoms with Crippen LogP contribution in [0, 0.1) is 12.3 Å². The molecule has 0 aliphatic carbocycles. The molecule has 0 unspecified atom stereocenters. The molecular weight excluding hydrogens is 146 g/mol. The third-order valence-electron chi connectivity index (χ3n) is 1.66. The SMILES string of the molecule is C#CCNCCc1ccccc1. The van der Waals surface area contributed by atoms with Gasteiger partial charge in [-0.3, -0.25) is 0 Å². The number of nitrogens with one attached hydrogen (secondary N) is 1. The van der Waals surface area contributed by atoms with Crippen LogP contribution in [-0.4, -0.2) is 13.1 Å². The highest BCUT2D eigenvalue weighted by atomic mass is 14.8. The second kappa shape index (κ2) is 5.40. The smallest absolute Gasteiger partial charge is 0.0573 e. The van der Waals surface area contributed by atoms with Gasteiger partial charge in [0.25, 0.3) is 0 Å². The van der Waals surface area contributed by atoms with E-state index in [0.29, 0.717) is 6.54 Å². The maximum Gasteiger partial charge on any atom is 0.0573 e. The largest absolute Gasteiger partial charge is 0.306 e. The summed E-state index contributed by atoms with van der Waals surface area (Å²) in [5.74, 6) is 2.54. The van der Waals surface area contributed by atoms with E-state index in [9.17, 15) is 0 Å². The van der Waals surface area contributed by atoms with Crippen LogP contribution < -0.4 is 5.32 Å². The Kier molecular flexibility index (Phi) is 3.97. The molecule has 1 nitrogen and oxygen atoms in total. The predicted octanol–water partition coefficient (Wildman–Crippen LogP) is 1.45. The molecule has 0 spiro atoms. The van der Waals surface area contributed by atoms with Crippen molar-refractivity contribution in [1.29, 1.82) is 0 Å². The van der Waals surface area contributed by atoms with Gasteiger partial charge in [0.15, 0.2) is 0 Å². The maximum atomic E-state index is 5.10. The molecule has 0 aromatic heterocycles. The van der Waals surface area contributed by atoms with E-state index < -0.39 is 0 Å². The number of terminal acetylenes is 1. The van der Waals surface area contributed by atoms with Crippen LogP contribution in [0.5, 0.6) is 0 Å². The first-order chi connectivity index (χ1) is 5.93. The van der Waals surface area contributed by atoms with Gasteiger partial charge in [-0.15, -0.1) is 6.42 Å². The molecule has 0 saturated carbocycles. The van der Waals surface area contributed by atoms with Crippen molar-refractivity contribution in [2.45, 2.75) is 6.42 Å². The summed E-state index contributed by atoms with van der Waals surface area (Å²) in [4.78, 5) is 0. The first-order valence-corrected chi connectivity index (χ1v) is 4.11. The lowest BCUT2D eigenvalue weighted by atomic mass is 10.1. The van der Waals surface area contributed by atoms with E-state index in [0.717, 1.165) is 13.0 Å². The van der Waals surface area contributed by atoms with Crippen molar-refractivity contribution in [1.82, 2.24) is 5.32 Å². The highest BCUT2D eigenvalue weighted by Crippen LogP contribution is 1.97. The van der Waals surface area contributed by atoms with Gasteiger partial charge in [-0.05, 0) is 12.0 Å². The predicted molar refractivity (Wildman–Crippen MR) is 51.8 cm³/mol. The van der Waals surface area contributed by atoms with E-state index in [1.54, 1.807) is 0 Å². The molecule has 0 atom stereocenters. The van der Waals surface area contributed by atoms with E-state index in [1.807, 2.05) is 6.07 Å². The molecule has 0 bridgehead atoms. The lowest BCUT2D eigenvalue weighted by Gasteiger charge is -2.00. The summed E-state index contributed by atoms with van der Waals surface area (Å²) in [6.07, 6.45) is 6.14. The normalized spacial score (nSPS) is 9.25. The molecule has 0 saturated heterocycles. The first kappa shape index (κ1) is 8.83. The zero-order valence-corrected chi connectivity index (χ0v) is 7.09.